The Kier molecular flexibility index (Phi) is 24.8. The molecule has 5 aromatic carbocycles. The minimum atomic E-state index is -0.175. The van der Waals surface area contributed by atoms with Crippen LogP contribution in [0.2, 0.25) is 10.0 Å². The number of hydrogen-bond acceptors (Lipinski definition) is 10. The van der Waals surface area contributed by atoms with Gasteiger partial charge >= 0.3 is 0 Å². The summed E-state index contributed by atoms with van der Waals surface area (Å²) in [6.07, 6.45) is 34.9. The molecule has 0 N–H and O–H groups in total. The fourth-order valence-electron chi connectivity index (χ4n) is 17.9. The van der Waals surface area contributed by atoms with E-state index in [1.165, 1.54) is 156 Å². The van der Waals surface area contributed by atoms with Gasteiger partial charge in [0, 0.05) is 256 Å². The molecule has 0 saturated carbocycles. The summed E-state index contributed by atoms with van der Waals surface area (Å²) >= 11 is 12.5. The van der Waals surface area contributed by atoms with E-state index < -0.39 is 0 Å². The molecular weight excluding hydrogens is 1530 g/mol. The molecule has 20 rings (SSSR count). The highest BCUT2D eigenvalue weighted by molar-refractivity contribution is 6.31. The van der Waals surface area contributed by atoms with Gasteiger partial charge in [-0.1, -0.05) is 52.5 Å². The zero-order chi connectivity index (χ0) is 83.4. The first-order valence-electron chi connectivity index (χ1n) is 41.7. The SMILES string of the molecule is C/C(=C/n1c2c(c3cc(C)ccc31)CN(C)CC2)c1ccncc1.C/C(=C\n1c2c(c3cc(C)ccc31)CN(C)CC2)c1ccncc1.C/C(=C\n1c2c(c3cc(Cl)ccc31)CN(C)CC2)c1cccnc1.C/C(=C\n1c2c(c3cc(Cl)ccc31)CN(C)CC2)c1ccncc1.C/C(=C\n1c2c(c3cc(F)ccc31)CN(C)CC2)c1ccncc1. The van der Waals surface area contributed by atoms with Crippen molar-refractivity contribution in [2.75, 3.05) is 68.0 Å². The molecule has 0 aliphatic carbocycles. The quantitative estimate of drug-likeness (QED) is 0.131. The molecule has 0 unspecified atom stereocenters. The van der Waals surface area contributed by atoms with E-state index >= 15 is 0 Å². The molecule has 15 aromatic rings. The fraction of sp³-hybridized carbons (Fsp3) is 0.265. The van der Waals surface area contributed by atoms with Crippen LogP contribution in [0.3, 0.4) is 0 Å². The molecule has 610 valence electrons. The minimum Gasteiger partial charge on any atom is -0.320 e. The third-order valence-electron chi connectivity index (χ3n) is 24.4. The highest BCUT2D eigenvalue weighted by Crippen LogP contribution is 2.40. The monoisotopic (exact) mass is 1630 g/mol. The molecule has 10 aromatic heterocycles. The van der Waals surface area contributed by atoms with Crippen LogP contribution < -0.4 is 0 Å². The first-order valence-corrected chi connectivity index (χ1v) is 42.5. The normalized spacial score (nSPS) is 15.7. The summed E-state index contributed by atoms with van der Waals surface area (Å²) in [5.74, 6) is -0.175. The van der Waals surface area contributed by atoms with Gasteiger partial charge in [0.25, 0.3) is 0 Å². The average molecular weight is 1630 g/mol. The van der Waals surface area contributed by atoms with Gasteiger partial charge in [-0.05, 0) is 301 Å². The predicted molar refractivity (Wildman–Crippen MR) is 500 cm³/mol. The average Bonchev–Trinajstić information content (AvgIpc) is 1.63. The lowest BCUT2D eigenvalue weighted by molar-refractivity contribution is 0.312. The van der Waals surface area contributed by atoms with E-state index in [0.29, 0.717) is 0 Å². The second-order valence-electron chi connectivity index (χ2n) is 33.2. The van der Waals surface area contributed by atoms with Crippen molar-refractivity contribution in [3.05, 3.63) is 325 Å². The first kappa shape index (κ1) is 82.3. The van der Waals surface area contributed by atoms with Crippen LogP contribution in [-0.4, -0.2) is 140 Å². The summed E-state index contributed by atoms with van der Waals surface area (Å²) in [7, 11) is 10.9. The van der Waals surface area contributed by atoms with Gasteiger partial charge in [0.1, 0.15) is 5.82 Å². The smallest absolute Gasteiger partial charge is 0.123 e. The molecule has 0 radical (unpaired) electrons. The Labute approximate surface area is 714 Å². The maximum atomic E-state index is 13.8. The third kappa shape index (κ3) is 17.8. The van der Waals surface area contributed by atoms with Crippen LogP contribution in [0, 0.1) is 19.7 Å². The van der Waals surface area contributed by atoms with Gasteiger partial charge in [0.15, 0.2) is 0 Å². The Bertz CT molecular complexity index is 5520. The molecule has 0 amide bonds. The van der Waals surface area contributed by atoms with Crippen molar-refractivity contribution in [3.8, 4) is 0 Å². The summed E-state index contributed by atoms with van der Waals surface area (Å²) < 4.78 is 25.6. The Morgan fingerprint density at radius 3 is 0.842 bits per heavy atom. The van der Waals surface area contributed by atoms with Crippen molar-refractivity contribution in [2.24, 2.45) is 0 Å². The van der Waals surface area contributed by atoms with Gasteiger partial charge in [-0.25, -0.2) is 4.39 Å². The number of likely N-dealkylation sites (N-methyl/N-ethyl adjacent to an activating group) is 5. The highest BCUT2D eigenvalue weighted by atomic mass is 35.5. The lowest BCUT2D eigenvalue weighted by Gasteiger charge is -2.23. The van der Waals surface area contributed by atoms with Gasteiger partial charge in [-0.15, -0.1) is 0 Å². The van der Waals surface area contributed by atoms with Crippen molar-refractivity contribution in [3.63, 3.8) is 0 Å². The second kappa shape index (κ2) is 36.2. The molecule has 5 aliphatic rings. The zero-order valence-electron chi connectivity index (χ0n) is 71.0. The molecule has 18 heteroatoms. The number of nitrogens with zero attached hydrogens (tertiary/aromatic N) is 15. The number of fused-ring (bicyclic) bond motifs is 15. The lowest BCUT2D eigenvalue weighted by Crippen LogP contribution is -2.26. The lowest BCUT2D eigenvalue weighted by atomic mass is 10.0. The fourth-order valence-corrected chi connectivity index (χ4v) is 18.3. The molecule has 5 aliphatic heterocycles. The number of rotatable bonds is 10. The summed E-state index contributed by atoms with van der Waals surface area (Å²) in [4.78, 5) is 32.5. The molecule has 15 heterocycles. The number of halogens is 3. The number of hydrogen-bond donors (Lipinski definition) is 0. The van der Waals surface area contributed by atoms with Gasteiger partial charge in [-0.2, -0.15) is 0 Å². The minimum absolute atomic E-state index is 0.175. The Morgan fingerprint density at radius 1 is 0.300 bits per heavy atom. The number of allylic oxidation sites excluding steroid dienone is 5. The van der Waals surface area contributed by atoms with E-state index in [9.17, 15) is 4.39 Å². The molecule has 15 nitrogen and oxygen atoms in total. The van der Waals surface area contributed by atoms with Crippen LogP contribution in [0.4, 0.5) is 4.39 Å². The topological polar surface area (TPSA) is 105 Å². The number of aryl methyl sites for hydroxylation is 2. The number of benzene rings is 5. The van der Waals surface area contributed by atoms with Gasteiger partial charge in [0.2, 0.25) is 0 Å². The van der Waals surface area contributed by atoms with Crippen LogP contribution >= 0.6 is 23.2 Å². The predicted octanol–water partition coefficient (Wildman–Crippen LogP) is 22.3. The van der Waals surface area contributed by atoms with Crippen LogP contribution in [0.15, 0.2) is 214 Å². The van der Waals surface area contributed by atoms with E-state index in [1.54, 1.807) is 24.5 Å². The molecule has 0 saturated heterocycles. The molecule has 0 atom stereocenters. The van der Waals surface area contributed by atoms with Crippen LogP contribution in [0.1, 0.15) is 130 Å². The van der Waals surface area contributed by atoms with Crippen LogP contribution in [-0.2, 0) is 64.8 Å². The van der Waals surface area contributed by atoms with Crippen molar-refractivity contribution in [2.45, 2.75) is 113 Å². The molecule has 0 spiro atoms. The summed E-state index contributed by atoms with van der Waals surface area (Å²) in [5, 5.41) is 7.94. The van der Waals surface area contributed by atoms with E-state index in [4.69, 9.17) is 23.2 Å². The van der Waals surface area contributed by atoms with Crippen molar-refractivity contribution in [1.82, 2.24) is 72.3 Å². The highest BCUT2D eigenvalue weighted by Gasteiger charge is 2.28. The maximum absolute atomic E-state index is 13.8. The molecule has 0 fully saturated rings. The van der Waals surface area contributed by atoms with E-state index in [0.717, 1.165) is 130 Å². The van der Waals surface area contributed by atoms with E-state index in [2.05, 4.69) is 290 Å². The summed E-state index contributed by atoms with van der Waals surface area (Å²) in [6, 6.07) is 51.6. The maximum Gasteiger partial charge on any atom is 0.123 e. The summed E-state index contributed by atoms with van der Waals surface area (Å²) in [6.45, 7) is 25.4. The summed E-state index contributed by atoms with van der Waals surface area (Å²) in [5.41, 5.74) is 34.9. The molecule has 0 bridgehead atoms. The Morgan fingerprint density at radius 2 is 0.558 bits per heavy atom. The standard InChI is InChI=1S/2C21H23N3.2C20H20ClN3.C20H20FN3/c2*1-15-4-5-20-18(12-15)19-14-23(3)11-8-21(19)24(20)13-16(2)17-6-9-22-10-7-17;1-14(15-5-8-22-9-6-15)12-24-19-4-3-16(21)11-17(19)18-13-23(2)10-7-20(18)24;1-14(15-4-3-8-22-11-15)12-24-19-6-5-16(21)10-17(19)18-13-23(2)9-7-20(18)24;1-14(15-5-8-22-9-6-15)12-24-19-4-3-16(21)11-17(19)18-13-23(2)10-7-20(18)24/h2*4-7,9-10,12-13H,8,11,14H2,1-3H3;3-6,8-9,11-12H,7,10,13H2,1-2H3;3-6,8,10-12H,7,9,13H2,1-2H3;3-6,8-9,11-12H,7,10,13H2,1-2H3/b16-13+;16-13-;3*14-12+. The van der Waals surface area contributed by atoms with Crippen LogP contribution in [0.25, 0.3) is 113 Å². The largest absolute Gasteiger partial charge is 0.320 e. The van der Waals surface area contributed by atoms with Gasteiger partial charge in [-0.3, -0.25) is 24.9 Å². The van der Waals surface area contributed by atoms with Crippen molar-refractivity contribution < 1.29 is 4.39 Å². The number of aromatic nitrogens is 10. The van der Waals surface area contributed by atoms with E-state index in [1.807, 2.05) is 86.0 Å². The Balaban J connectivity index is 0.000000112. The van der Waals surface area contributed by atoms with Crippen molar-refractivity contribution >= 4 is 137 Å². The Hall–Kier alpha value is -11.4. The van der Waals surface area contributed by atoms with Gasteiger partial charge < -0.3 is 47.3 Å². The number of pyridine rings is 5. The second-order valence-corrected chi connectivity index (χ2v) is 34.1. The van der Waals surface area contributed by atoms with E-state index in [-0.39, 0.29) is 5.82 Å². The molecule has 120 heavy (non-hydrogen) atoms. The zero-order valence-corrected chi connectivity index (χ0v) is 72.6. The molecular formula is C102H106Cl2FN15. The van der Waals surface area contributed by atoms with Crippen LogP contribution in [0.5, 0.6) is 0 Å². The first-order chi connectivity index (χ1) is 58.2. The van der Waals surface area contributed by atoms with Crippen molar-refractivity contribution in [1.29, 1.82) is 0 Å². The third-order valence-corrected chi connectivity index (χ3v) is 24.8. The van der Waals surface area contributed by atoms with Gasteiger partial charge in [0.05, 0.1) is 27.6 Å².